The second-order valence-electron chi connectivity index (χ2n) is 6.71. The molecule has 28 heavy (non-hydrogen) atoms. The molecule has 1 fully saturated rings. The number of benzene rings is 2. The van der Waals surface area contributed by atoms with Gasteiger partial charge in [0.05, 0.1) is 6.54 Å². The van der Waals surface area contributed by atoms with Gasteiger partial charge >= 0.3 is 5.97 Å². The number of carbonyl (C=O) groups is 3. The van der Waals surface area contributed by atoms with E-state index in [-0.39, 0.29) is 36.7 Å². The minimum atomic E-state index is -0.357. The smallest absolute Gasteiger partial charge is 0.324 e. The van der Waals surface area contributed by atoms with E-state index in [1.165, 1.54) is 0 Å². The number of rotatable bonds is 7. The van der Waals surface area contributed by atoms with Crippen molar-refractivity contribution in [3.05, 3.63) is 59.7 Å². The predicted octanol–water partition coefficient (Wildman–Crippen LogP) is 2.48. The molecule has 3 rings (SSSR count). The molecule has 0 saturated carbocycles. The molecule has 2 aromatic carbocycles. The fourth-order valence-corrected chi connectivity index (χ4v) is 3.63. The standard InChI is InChI=1S/C21H23N2O4P/c22-12-19(24)16-7-3-14(4-8-16)15-5-9-17(10-6-15)20(25)13-27-21(26)18-2-1-11-23(18)28/h3-10,18H,1-2,11-13,22,28H2/t18-/m0/s1. The first-order valence-corrected chi connectivity index (χ1v) is 9.66. The van der Waals surface area contributed by atoms with Gasteiger partial charge in [0, 0.05) is 17.7 Å². The van der Waals surface area contributed by atoms with Crippen molar-refractivity contribution >= 4 is 26.9 Å². The summed E-state index contributed by atoms with van der Waals surface area (Å²) in [4.78, 5) is 36.0. The molecule has 1 heterocycles. The predicted molar refractivity (Wildman–Crippen MR) is 110 cm³/mol. The van der Waals surface area contributed by atoms with Crippen molar-refractivity contribution in [1.29, 1.82) is 0 Å². The van der Waals surface area contributed by atoms with Gasteiger partial charge in [-0.05, 0) is 24.0 Å². The van der Waals surface area contributed by atoms with Crippen LogP contribution < -0.4 is 5.73 Å². The van der Waals surface area contributed by atoms with Gasteiger partial charge < -0.3 is 10.5 Å². The van der Waals surface area contributed by atoms with Gasteiger partial charge in [-0.15, -0.1) is 0 Å². The molecule has 0 bridgehead atoms. The Kier molecular flexibility index (Phi) is 6.68. The van der Waals surface area contributed by atoms with Crippen LogP contribution in [-0.4, -0.2) is 47.9 Å². The zero-order valence-electron chi connectivity index (χ0n) is 15.5. The quantitative estimate of drug-likeness (QED) is 0.438. The number of Topliss-reactive ketones (excluding diaryl/α,β-unsaturated/α-hetero) is 2. The van der Waals surface area contributed by atoms with Crippen LogP contribution in [0, 0.1) is 0 Å². The van der Waals surface area contributed by atoms with Crippen LogP contribution >= 0.6 is 9.39 Å². The first kappa shape index (κ1) is 20.3. The van der Waals surface area contributed by atoms with E-state index in [2.05, 4.69) is 9.39 Å². The average Bonchev–Trinajstić information content (AvgIpc) is 3.17. The summed E-state index contributed by atoms with van der Waals surface area (Å²) in [6.07, 6.45) is 1.70. The van der Waals surface area contributed by atoms with Crippen LogP contribution in [-0.2, 0) is 9.53 Å². The van der Waals surface area contributed by atoms with Crippen LogP contribution in [0.1, 0.15) is 33.6 Å². The van der Waals surface area contributed by atoms with Gasteiger partial charge in [-0.2, -0.15) is 0 Å². The second kappa shape index (κ2) is 9.20. The van der Waals surface area contributed by atoms with Crippen molar-refractivity contribution in [2.45, 2.75) is 18.9 Å². The molecule has 0 radical (unpaired) electrons. The van der Waals surface area contributed by atoms with Crippen molar-refractivity contribution in [2.75, 3.05) is 19.7 Å². The molecule has 1 saturated heterocycles. The Labute approximate surface area is 166 Å². The molecule has 146 valence electrons. The van der Waals surface area contributed by atoms with E-state index in [4.69, 9.17) is 10.5 Å². The Bertz CT molecular complexity index is 865. The highest BCUT2D eigenvalue weighted by Gasteiger charge is 2.29. The topological polar surface area (TPSA) is 89.7 Å². The summed E-state index contributed by atoms with van der Waals surface area (Å²) in [5.74, 6) is -0.703. The Hall–Kier alpha value is -2.40. The van der Waals surface area contributed by atoms with Crippen LogP contribution in [0.25, 0.3) is 11.1 Å². The summed E-state index contributed by atoms with van der Waals surface area (Å²) in [7, 11) is 2.53. The minimum Gasteiger partial charge on any atom is -0.456 e. The highest BCUT2D eigenvalue weighted by atomic mass is 31.0. The normalized spacial score (nSPS) is 16.7. The van der Waals surface area contributed by atoms with E-state index in [0.29, 0.717) is 11.1 Å². The molecule has 2 atom stereocenters. The zero-order valence-corrected chi connectivity index (χ0v) is 16.6. The first-order chi connectivity index (χ1) is 13.5. The summed E-state index contributed by atoms with van der Waals surface area (Å²) < 4.78 is 7.06. The van der Waals surface area contributed by atoms with Gasteiger partial charge in [-0.3, -0.25) is 19.1 Å². The lowest BCUT2D eigenvalue weighted by Gasteiger charge is -2.17. The van der Waals surface area contributed by atoms with Crippen LogP contribution in [0.5, 0.6) is 0 Å². The van der Waals surface area contributed by atoms with Gasteiger partial charge in [0.1, 0.15) is 6.04 Å². The largest absolute Gasteiger partial charge is 0.456 e. The minimum absolute atomic E-state index is 0.0173. The summed E-state index contributed by atoms with van der Waals surface area (Å²) in [6.45, 7) is 0.556. The van der Waals surface area contributed by atoms with Crippen LogP contribution in [0.3, 0.4) is 0 Å². The second-order valence-corrected chi connectivity index (χ2v) is 7.37. The molecule has 7 heteroatoms. The highest BCUT2D eigenvalue weighted by molar-refractivity contribution is 7.13. The number of hydrogen-bond donors (Lipinski definition) is 1. The summed E-state index contributed by atoms with van der Waals surface area (Å²) in [5.41, 5.74) is 8.28. The molecule has 1 unspecified atom stereocenters. The van der Waals surface area contributed by atoms with E-state index >= 15 is 0 Å². The molecule has 0 spiro atoms. The molecule has 0 aromatic heterocycles. The number of ether oxygens (including phenoxy) is 1. The third-order valence-electron chi connectivity index (χ3n) is 4.84. The lowest BCUT2D eigenvalue weighted by atomic mass is 10.0. The summed E-state index contributed by atoms with van der Waals surface area (Å²) >= 11 is 0. The number of hydrogen-bond acceptors (Lipinski definition) is 6. The molecule has 1 aliphatic rings. The SMILES string of the molecule is NCC(=O)c1ccc(-c2ccc(C(=O)COC(=O)[C@@H]3CCCN3P)cc2)cc1. The van der Waals surface area contributed by atoms with E-state index in [1.54, 1.807) is 24.3 Å². The number of esters is 1. The van der Waals surface area contributed by atoms with Crippen molar-refractivity contribution in [3.8, 4) is 11.1 Å². The number of carbonyl (C=O) groups excluding carboxylic acids is 3. The van der Waals surface area contributed by atoms with Crippen molar-refractivity contribution in [3.63, 3.8) is 0 Å². The molecule has 6 nitrogen and oxygen atoms in total. The number of nitrogens with two attached hydrogens (primary N) is 1. The monoisotopic (exact) mass is 398 g/mol. The van der Waals surface area contributed by atoms with E-state index in [1.807, 2.05) is 28.9 Å². The molecule has 2 N–H and O–H groups in total. The Morgan fingerprint density at radius 3 is 1.96 bits per heavy atom. The molecule has 0 amide bonds. The summed E-state index contributed by atoms with van der Waals surface area (Å²) in [6, 6.07) is 14.0. The Morgan fingerprint density at radius 1 is 0.964 bits per heavy atom. The fraction of sp³-hybridized carbons (Fsp3) is 0.286. The van der Waals surface area contributed by atoms with Crippen molar-refractivity contribution in [2.24, 2.45) is 5.73 Å². The third kappa shape index (κ3) is 4.71. The van der Waals surface area contributed by atoms with E-state index < -0.39 is 0 Å². The maximum Gasteiger partial charge on any atom is 0.324 e. The summed E-state index contributed by atoms with van der Waals surface area (Å²) in [5, 5.41) is 0. The van der Waals surface area contributed by atoms with Gasteiger partial charge in [0.15, 0.2) is 18.2 Å². The lowest BCUT2D eigenvalue weighted by Crippen LogP contribution is -2.32. The molecular weight excluding hydrogens is 375 g/mol. The van der Waals surface area contributed by atoms with Crippen LogP contribution in [0.15, 0.2) is 48.5 Å². The average molecular weight is 398 g/mol. The highest BCUT2D eigenvalue weighted by Crippen LogP contribution is 2.23. The van der Waals surface area contributed by atoms with Crippen LogP contribution in [0.4, 0.5) is 0 Å². The van der Waals surface area contributed by atoms with Crippen molar-refractivity contribution in [1.82, 2.24) is 4.67 Å². The molecule has 2 aromatic rings. The Morgan fingerprint density at radius 2 is 1.50 bits per heavy atom. The van der Waals surface area contributed by atoms with Gasteiger partial charge in [-0.25, -0.2) is 0 Å². The lowest BCUT2D eigenvalue weighted by molar-refractivity contribution is -0.146. The number of ketones is 2. The van der Waals surface area contributed by atoms with E-state index in [0.717, 1.165) is 30.5 Å². The maximum atomic E-state index is 12.3. The van der Waals surface area contributed by atoms with Gasteiger partial charge in [0.25, 0.3) is 0 Å². The van der Waals surface area contributed by atoms with E-state index in [9.17, 15) is 14.4 Å². The molecular formula is C21H23N2O4P. The maximum absolute atomic E-state index is 12.3. The zero-order chi connectivity index (χ0) is 20.1. The third-order valence-corrected chi connectivity index (χ3v) is 5.46. The molecule has 1 aliphatic heterocycles. The van der Waals surface area contributed by atoms with Gasteiger partial charge in [0.2, 0.25) is 0 Å². The first-order valence-electron chi connectivity index (χ1n) is 9.14. The number of nitrogens with zero attached hydrogens (tertiary/aromatic N) is 1. The molecule has 0 aliphatic carbocycles. The fourth-order valence-electron chi connectivity index (χ4n) is 3.17. The van der Waals surface area contributed by atoms with Crippen LogP contribution in [0.2, 0.25) is 0 Å². The van der Waals surface area contributed by atoms with Crippen molar-refractivity contribution < 1.29 is 19.1 Å². The van der Waals surface area contributed by atoms with Gasteiger partial charge in [-0.1, -0.05) is 57.9 Å². The Balaban J connectivity index is 1.59.